The number of hydrogen-bond donors (Lipinski definition) is 0. The fourth-order valence-electron chi connectivity index (χ4n) is 1.57. The summed E-state index contributed by atoms with van der Waals surface area (Å²) in [7, 11) is 0. The van der Waals surface area contributed by atoms with Crippen LogP contribution in [0.25, 0.3) is 0 Å². The first-order valence-electron chi connectivity index (χ1n) is 4.42. The Bertz CT molecular complexity index is 92.6. The second-order valence-electron chi connectivity index (χ2n) is 3.03. The van der Waals surface area contributed by atoms with E-state index in [0.29, 0.717) is 0 Å². The van der Waals surface area contributed by atoms with Crippen molar-refractivity contribution in [1.82, 2.24) is 0 Å². The molecule has 0 aromatic rings. The molecule has 0 heterocycles. The molecule has 0 nitrogen and oxygen atoms in total. The van der Waals surface area contributed by atoms with E-state index in [1.165, 1.54) is 32.1 Å². The van der Waals surface area contributed by atoms with Gasteiger partial charge in [-0.2, -0.15) is 0 Å². The predicted octanol–water partition coefficient (Wildman–Crippen LogP) is 3.35. The molecular weight excluding hydrogens is 120 g/mol. The van der Waals surface area contributed by atoms with Crippen LogP contribution in [0.1, 0.15) is 39.0 Å². The van der Waals surface area contributed by atoms with Crippen LogP contribution < -0.4 is 0 Å². The molecule has 0 saturated carbocycles. The molecule has 0 N–H and O–H groups in total. The van der Waals surface area contributed by atoms with Crippen LogP contribution in [0, 0.1) is 12.3 Å². The largest absolute Gasteiger partial charge is 0.0885 e. The van der Waals surface area contributed by atoms with Crippen LogP contribution in [-0.2, 0) is 0 Å². The lowest BCUT2D eigenvalue weighted by Gasteiger charge is -2.10. The van der Waals surface area contributed by atoms with E-state index in [0.717, 1.165) is 5.92 Å². The minimum Gasteiger partial charge on any atom is -0.0885 e. The van der Waals surface area contributed by atoms with E-state index in [9.17, 15) is 0 Å². The van der Waals surface area contributed by atoms with Gasteiger partial charge in [0.1, 0.15) is 0 Å². The fraction of sp³-hybridized carbons (Fsp3) is 0.700. The van der Waals surface area contributed by atoms with Gasteiger partial charge in [0.25, 0.3) is 0 Å². The molecule has 1 aliphatic rings. The minimum absolute atomic E-state index is 0.903. The maximum atomic E-state index is 2.47. The average Bonchev–Trinajstić information content (AvgIpc) is 2.17. The van der Waals surface area contributed by atoms with Crippen molar-refractivity contribution in [1.29, 1.82) is 0 Å². The summed E-state index contributed by atoms with van der Waals surface area (Å²) in [5, 5.41) is 0. The van der Waals surface area contributed by atoms with Crippen molar-refractivity contribution >= 4 is 0 Å². The zero-order valence-corrected chi connectivity index (χ0v) is 6.84. The van der Waals surface area contributed by atoms with Crippen LogP contribution in [-0.4, -0.2) is 0 Å². The first kappa shape index (κ1) is 7.84. The molecule has 10 heavy (non-hydrogen) atoms. The number of hydrogen-bond acceptors (Lipinski definition) is 0. The highest BCUT2D eigenvalue weighted by atomic mass is 14.1. The van der Waals surface area contributed by atoms with Crippen LogP contribution in [0.2, 0.25) is 0 Å². The van der Waals surface area contributed by atoms with E-state index in [1.54, 1.807) is 0 Å². The van der Waals surface area contributed by atoms with Crippen molar-refractivity contribution in [3.63, 3.8) is 0 Å². The van der Waals surface area contributed by atoms with Crippen molar-refractivity contribution in [2.45, 2.75) is 39.0 Å². The van der Waals surface area contributed by atoms with E-state index < -0.39 is 0 Å². The first-order valence-corrected chi connectivity index (χ1v) is 4.42. The van der Waals surface area contributed by atoms with Gasteiger partial charge < -0.3 is 0 Å². The maximum Gasteiger partial charge on any atom is -0.0348 e. The van der Waals surface area contributed by atoms with Crippen molar-refractivity contribution in [2.24, 2.45) is 5.92 Å². The third kappa shape index (κ3) is 2.55. The highest BCUT2D eigenvalue weighted by molar-refractivity contribution is 4.90. The lowest BCUT2D eigenvalue weighted by atomic mass is 9.95. The second kappa shape index (κ2) is 4.54. The molecule has 0 bridgehead atoms. The molecule has 0 fully saturated rings. The Hall–Kier alpha value is -0.260. The van der Waals surface area contributed by atoms with Gasteiger partial charge in [0, 0.05) is 0 Å². The third-order valence-electron chi connectivity index (χ3n) is 2.14. The zero-order chi connectivity index (χ0) is 7.23. The monoisotopic (exact) mass is 137 g/mol. The molecule has 0 aliphatic heterocycles. The molecular formula is C10H17. The van der Waals surface area contributed by atoms with Crippen LogP contribution in [0.15, 0.2) is 12.2 Å². The highest BCUT2D eigenvalue weighted by Crippen LogP contribution is 2.21. The van der Waals surface area contributed by atoms with E-state index in [4.69, 9.17) is 0 Å². The fourth-order valence-corrected chi connectivity index (χ4v) is 1.57. The van der Waals surface area contributed by atoms with Gasteiger partial charge in [-0.1, -0.05) is 25.5 Å². The van der Waals surface area contributed by atoms with Gasteiger partial charge >= 0.3 is 0 Å². The minimum atomic E-state index is 0.903. The molecule has 0 saturated heterocycles. The molecule has 0 unspecified atom stereocenters. The lowest BCUT2D eigenvalue weighted by molar-refractivity contribution is 0.519. The summed E-state index contributed by atoms with van der Waals surface area (Å²) in [6.07, 6.45) is 13.7. The third-order valence-corrected chi connectivity index (χ3v) is 2.14. The first-order chi connectivity index (χ1) is 4.93. The summed E-state index contributed by atoms with van der Waals surface area (Å²) >= 11 is 0. The topological polar surface area (TPSA) is 0 Å². The van der Waals surface area contributed by atoms with E-state index in [-0.39, 0.29) is 0 Å². The molecule has 0 heteroatoms. The second-order valence-corrected chi connectivity index (χ2v) is 3.03. The summed E-state index contributed by atoms with van der Waals surface area (Å²) in [6.45, 7) is 2.23. The summed E-state index contributed by atoms with van der Waals surface area (Å²) in [4.78, 5) is 0. The van der Waals surface area contributed by atoms with Crippen molar-refractivity contribution in [3.8, 4) is 0 Å². The molecule has 1 rings (SSSR count). The smallest absolute Gasteiger partial charge is 0.0348 e. The molecule has 1 aliphatic carbocycles. The molecule has 57 valence electrons. The predicted molar refractivity (Wildman–Crippen MR) is 45.7 cm³/mol. The van der Waals surface area contributed by atoms with Crippen molar-refractivity contribution in [2.75, 3.05) is 0 Å². The normalized spacial score (nSPS) is 20.9. The van der Waals surface area contributed by atoms with Crippen LogP contribution >= 0.6 is 0 Å². The van der Waals surface area contributed by atoms with E-state index in [2.05, 4.69) is 25.5 Å². The van der Waals surface area contributed by atoms with Crippen molar-refractivity contribution < 1.29 is 0 Å². The molecule has 0 aromatic carbocycles. The molecule has 0 spiro atoms. The maximum absolute atomic E-state index is 2.47. The van der Waals surface area contributed by atoms with Gasteiger partial charge in [-0.3, -0.25) is 0 Å². The van der Waals surface area contributed by atoms with Gasteiger partial charge in [-0.15, -0.1) is 0 Å². The Balaban J connectivity index is 2.20. The van der Waals surface area contributed by atoms with Crippen molar-refractivity contribution in [3.05, 3.63) is 18.6 Å². The van der Waals surface area contributed by atoms with Crippen LogP contribution in [0.3, 0.4) is 0 Å². The summed E-state index contributed by atoms with van der Waals surface area (Å²) in [6, 6.07) is 0. The lowest BCUT2D eigenvalue weighted by Crippen LogP contribution is -1.97. The highest BCUT2D eigenvalue weighted by Gasteiger charge is 2.07. The Kier molecular flexibility index (Phi) is 3.56. The van der Waals surface area contributed by atoms with Gasteiger partial charge in [0.15, 0.2) is 0 Å². The zero-order valence-electron chi connectivity index (χ0n) is 6.84. The molecule has 0 atom stereocenters. The average molecular weight is 137 g/mol. The van der Waals surface area contributed by atoms with Gasteiger partial charge in [0.05, 0.1) is 0 Å². The van der Waals surface area contributed by atoms with Gasteiger partial charge in [0.2, 0.25) is 0 Å². The number of rotatable bonds is 2. The van der Waals surface area contributed by atoms with E-state index >= 15 is 0 Å². The Morgan fingerprint density at radius 1 is 1.30 bits per heavy atom. The molecule has 1 radical (unpaired) electrons. The number of allylic oxidation sites excluding steroid dienone is 2. The Morgan fingerprint density at radius 3 is 2.40 bits per heavy atom. The SMILES string of the molecule is CC[CH]C1CCC=CCC1. The van der Waals surface area contributed by atoms with Crippen LogP contribution in [0.4, 0.5) is 0 Å². The van der Waals surface area contributed by atoms with Crippen LogP contribution in [0.5, 0.6) is 0 Å². The summed E-state index contributed by atoms with van der Waals surface area (Å²) in [5.41, 5.74) is 0. The standard InChI is InChI=1S/C10H17/c1-2-7-10-8-5-3-4-6-9-10/h3-4,7,10H,2,5-6,8-9H2,1H3. The Labute approximate surface area is 64.3 Å². The summed E-state index contributed by atoms with van der Waals surface area (Å²) < 4.78 is 0. The molecule has 0 amide bonds. The van der Waals surface area contributed by atoms with Gasteiger partial charge in [-0.05, 0) is 38.0 Å². The van der Waals surface area contributed by atoms with Gasteiger partial charge in [-0.25, -0.2) is 0 Å². The molecule has 0 aromatic heterocycles. The Morgan fingerprint density at radius 2 is 1.90 bits per heavy atom. The quantitative estimate of drug-likeness (QED) is 0.512. The van der Waals surface area contributed by atoms with E-state index in [1.807, 2.05) is 0 Å². The summed E-state index contributed by atoms with van der Waals surface area (Å²) in [5.74, 6) is 0.903.